The Balaban J connectivity index is 2.17. The lowest BCUT2D eigenvalue weighted by Gasteiger charge is -2.07. The van der Waals surface area contributed by atoms with E-state index in [1.54, 1.807) is 6.07 Å². The first-order valence-electron chi connectivity index (χ1n) is 5.51. The Morgan fingerprint density at radius 2 is 2.05 bits per heavy atom. The summed E-state index contributed by atoms with van der Waals surface area (Å²) in [5, 5.41) is 2.09. The molecule has 20 heavy (non-hydrogen) atoms. The van der Waals surface area contributed by atoms with Gasteiger partial charge in [0.15, 0.2) is 0 Å². The number of rotatable bonds is 3. The number of nitrogens with one attached hydrogen (secondary N) is 2. The highest BCUT2D eigenvalue weighted by Crippen LogP contribution is 2.12. The van der Waals surface area contributed by atoms with E-state index < -0.39 is 29.5 Å². The fourth-order valence-corrected chi connectivity index (χ4v) is 1.67. The van der Waals surface area contributed by atoms with Crippen LogP contribution < -0.4 is 16.6 Å². The van der Waals surface area contributed by atoms with Crippen molar-refractivity contribution in [1.29, 1.82) is 0 Å². The van der Waals surface area contributed by atoms with Gasteiger partial charge in [0.1, 0.15) is 17.4 Å². The van der Waals surface area contributed by atoms with Crippen molar-refractivity contribution in [2.75, 3.05) is 5.32 Å². The van der Waals surface area contributed by atoms with Crippen molar-refractivity contribution >= 4 is 23.2 Å². The third kappa shape index (κ3) is 3.12. The van der Waals surface area contributed by atoms with Crippen LogP contribution in [0.4, 0.5) is 10.1 Å². The van der Waals surface area contributed by atoms with E-state index in [-0.39, 0.29) is 10.7 Å². The van der Waals surface area contributed by atoms with Gasteiger partial charge in [-0.15, -0.1) is 0 Å². The standard InChI is InChI=1S/C12H9ClFN3O3/c13-7-5-17(12(20)16-11(7)19)6-10(18)15-9-4-2-1-3-8(9)14/h1-5H,6H2,(H,15,18)(H,16,19,20). The number of aromatic nitrogens is 2. The minimum Gasteiger partial charge on any atom is -0.322 e. The Hall–Kier alpha value is -2.41. The van der Waals surface area contributed by atoms with Crippen LogP contribution >= 0.6 is 11.6 Å². The second-order valence-electron chi connectivity index (χ2n) is 3.89. The van der Waals surface area contributed by atoms with Gasteiger partial charge < -0.3 is 5.32 Å². The lowest BCUT2D eigenvalue weighted by Crippen LogP contribution is -2.33. The average Bonchev–Trinajstić information content (AvgIpc) is 2.39. The SMILES string of the molecule is O=C(Cn1cc(Cl)c(=O)[nH]c1=O)Nc1ccccc1F. The summed E-state index contributed by atoms with van der Waals surface area (Å²) in [5.74, 6) is -1.21. The zero-order valence-electron chi connectivity index (χ0n) is 10.0. The summed E-state index contributed by atoms with van der Waals surface area (Å²) in [6.45, 7) is -0.399. The molecule has 0 bridgehead atoms. The molecular weight excluding hydrogens is 289 g/mol. The first-order valence-corrected chi connectivity index (χ1v) is 5.89. The molecule has 2 aromatic rings. The van der Waals surface area contributed by atoms with Crippen LogP contribution in [0.15, 0.2) is 40.1 Å². The number of halogens is 2. The molecule has 0 aliphatic heterocycles. The van der Waals surface area contributed by atoms with E-state index in [9.17, 15) is 18.8 Å². The summed E-state index contributed by atoms with van der Waals surface area (Å²) >= 11 is 5.56. The maximum Gasteiger partial charge on any atom is 0.328 e. The van der Waals surface area contributed by atoms with Crippen LogP contribution in [0.5, 0.6) is 0 Å². The number of amides is 1. The maximum atomic E-state index is 13.3. The number of hydrogen-bond donors (Lipinski definition) is 2. The molecule has 1 amide bonds. The number of benzene rings is 1. The van der Waals surface area contributed by atoms with Crippen LogP contribution in [-0.2, 0) is 11.3 Å². The molecule has 0 atom stereocenters. The molecule has 0 radical (unpaired) electrons. The van der Waals surface area contributed by atoms with Gasteiger partial charge in [0.05, 0.1) is 5.69 Å². The number of H-pyrrole nitrogens is 1. The van der Waals surface area contributed by atoms with E-state index in [4.69, 9.17) is 11.6 Å². The first-order chi connectivity index (χ1) is 9.47. The fraction of sp³-hybridized carbons (Fsp3) is 0.0833. The summed E-state index contributed by atoms with van der Waals surface area (Å²) in [6, 6.07) is 5.62. The van der Waals surface area contributed by atoms with Crippen molar-refractivity contribution in [3.63, 3.8) is 0 Å². The Bertz CT molecular complexity index is 769. The van der Waals surface area contributed by atoms with Gasteiger partial charge in [-0.25, -0.2) is 9.18 Å². The zero-order valence-corrected chi connectivity index (χ0v) is 10.8. The van der Waals surface area contributed by atoms with Gasteiger partial charge >= 0.3 is 5.69 Å². The Morgan fingerprint density at radius 3 is 2.75 bits per heavy atom. The minimum atomic E-state index is -0.775. The van der Waals surface area contributed by atoms with E-state index in [1.807, 2.05) is 4.98 Å². The Kier molecular flexibility index (Phi) is 3.99. The third-order valence-electron chi connectivity index (χ3n) is 2.43. The van der Waals surface area contributed by atoms with Gasteiger partial charge in [0.25, 0.3) is 5.56 Å². The third-order valence-corrected chi connectivity index (χ3v) is 2.70. The monoisotopic (exact) mass is 297 g/mol. The van der Waals surface area contributed by atoms with Gasteiger partial charge in [-0.05, 0) is 12.1 Å². The molecule has 6 nitrogen and oxygen atoms in total. The molecule has 2 N–H and O–H groups in total. The number of aromatic amines is 1. The summed E-state index contributed by atoms with van der Waals surface area (Å²) in [6.07, 6.45) is 1.05. The van der Waals surface area contributed by atoms with Crippen LogP contribution in [-0.4, -0.2) is 15.5 Å². The van der Waals surface area contributed by atoms with E-state index >= 15 is 0 Å². The Labute approximate surface area is 116 Å². The normalized spacial score (nSPS) is 10.3. The largest absolute Gasteiger partial charge is 0.328 e. The van der Waals surface area contributed by atoms with Crippen molar-refractivity contribution in [1.82, 2.24) is 9.55 Å². The first kappa shape index (κ1) is 14.0. The highest BCUT2D eigenvalue weighted by atomic mass is 35.5. The van der Waals surface area contributed by atoms with Gasteiger partial charge in [0, 0.05) is 6.20 Å². The molecule has 0 saturated heterocycles. The van der Waals surface area contributed by atoms with Gasteiger partial charge in [-0.1, -0.05) is 23.7 Å². The lowest BCUT2D eigenvalue weighted by atomic mass is 10.3. The van der Waals surface area contributed by atoms with Gasteiger partial charge in [-0.3, -0.25) is 19.1 Å². The van der Waals surface area contributed by atoms with Crippen LogP contribution in [0.3, 0.4) is 0 Å². The predicted octanol–water partition coefficient (Wildman–Crippen LogP) is 0.968. The van der Waals surface area contributed by atoms with Crippen molar-refractivity contribution in [2.24, 2.45) is 0 Å². The fourth-order valence-electron chi connectivity index (χ4n) is 1.51. The number of nitrogens with zero attached hydrogens (tertiary/aromatic N) is 1. The maximum absolute atomic E-state index is 13.3. The minimum absolute atomic E-state index is 0.000991. The highest BCUT2D eigenvalue weighted by Gasteiger charge is 2.09. The van der Waals surface area contributed by atoms with Crippen LogP contribution in [0.25, 0.3) is 0 Å². The van der Waals surface area contributed by atoms with Gasteiger partial charge in [0.2, 0.25) is 5.91 Å². The van der Waals surface area contributed by atoms with E-state index in [1.165, 1.54) is 18.2 Å². The summed E-state index contributed by atoms with van der Waals surface area (Å²) in [5.41, 5.74) is -1.51. The summed E-state index contributed by atoms with van der Waals surface area (Å²) in [7, 11) is 0. The van der Waals surface area contributed by atoms with Gasteiger partial charge in [-0.2, -0.15) is 0 Å². The van der Waals surface area contributed by atoms with Crippen molar-refractivity contribution in [3.05, 3.63) is 62.1 Å². The molecule has 2 rings (SSSR count). The van der Waals surface area contributed by atoms with Crippen molar-refractivity contribution in [3.8, 4) is 0 Å². The zero-order chi connectivity index (χ0) is 14.7. The second kappa shape index (κ2) is 5.70. The predicted molar refractivity (Wildman–Crippen MR) is 71.4 cm³/mol. The molecule has 1 heterocycles. The van der Waals surface area contributed by atoms with Crippen molar-refractivity contribution < 1.29 is 9.18 Å². The average molecular weight is 298 g/mol. The molecule has 0 aliphatic rings. The number of carbonyl (C=O) groups is 1. The molecular formula is C12H9ClFN3O3. The number of hydrogen-bond acceptors (Lipinski definition) is 3. The second-order valence-corrected chi connectivity index (χ2v) is 4.30. The smallest absolute Gasteiger partial charge is 0.322 e. The molecule has 104 valence electrons. The molecule has 1 aromatic heterocycles. The van der Waals surface area contributed by atoms with Crippen LogP contribution in [0, 0.1) is 5.82 Å². The quantitative estimate of drug-likeness (QED) is 0.885. The molecule has 0 unspecified atom stereocenters. The number of para-hydroxylation sites is 1. The molecule has 0 saturated carbocycles. The molecule has 1 aromatic carbocycles. The van der Waals surface area contributed by atoms with E-state index in [2.05, 4.69) is 5.32 Å². The van der Waals surface area contributed by atoms with E-state index in [0.29, 0.717) is 0 Å². The van der Waals surface area contributed by atoms with Crippen LogP contribution in [0.2, 0.25) is 5.02 Å². The molecule has 0 aliphatic carbocycles. The number of carbonyl (C=O) groups excluding carboxylic acids is 1. The molecule has 0 fully saturated rings. The lowest BCUT2D eigenvalue weighted by molar-refractivity contribution is -0.116. The molecule has 8 heteroatoms. The van der Waals surface area contributed by atoms with Crippen LogP contribution in [0.1, 0.15) is 0 Å². The van der Waals surface area contributed by atoms with E-state index in [0.717, 1.165) is 10.8 Å². The summed E-state index contributed by atoms with van der Waals surface area (Å²) in [4.78, 5) is 36.2. The Morgan fingerprint density at radius 1 is 1.35 bits per heavy atom. The summed E-state index contributed by atoms with van der Waals surface area (Å²) < 4.78 is 14.2. The molecule has 0 spiro atoms. The highest BCUT2D eigenvalue weighted by molar-refractivity contribution is 6.30. The number of anilines is 1. The van der Waals surface area contributed by atoms with Crippen molar-refractivity contribution in [2.45, 2.75) is 6.54 Å². The topological polar surface area (TPSA) is 84.0 Å².